The number of benzene rings is 1. The monoisotopic (exact) mass is 491 g/mol. The lowest BCUT2D eigenvalue weighted by molar-refractivity contribution is -0.116. The number of amides is 1. The molecule has 2 fully saturated rings. The number of nitrogens with one attached hydrogen (secondary N) is 2. The molecule has 3 aromatic rings. The molecule has 8 heteroatoms. The van der Waals surface area contributed by atoms with E-state index in [-0.39, 0.29) is 30.2 Å². The summed E-state index contributed by atoms with van der Waals surface area (Å²) in [6.45, 7) is 0.460. The second-order valence-corrected chi connectivity index (χ2v) is 9.70. The van der Waals surface area contributed by atoms with E-state index < -0.39 is 0 Å². The second kappa shape index (κ2) is 10.6. The Morgan fingerprint density at radius 1 is 1.11 bits per heavy atom. The van der Waals surface area contributed by atoms with Crippen molar-refractivity contribution in [2.24, 2.45) is 0 Å². The third-order valence-corrected chi connectivity index (χ3v) is 7.33. The van der Waals surface area contributed by atoms with Crippen molar-refractivity contribution in [3.05, 3.63) is 84.2 Å². The van der Waals surface area contributed by atoms with Crippen LogP contribution < -0.4 is 10.6 Å². The van der Waals surface area contributed by atoms with E-state index in [9.17, 15) is 9.18 Å². The van der Waals surface area contributed by atoms with Gasteiger partial charge < -0.3 is 20.1 Å². The molecule has 182 valence electrons. The van der Waals surface area contributed by atoms with Gasteiger partial charge in [-0.05, 0) is 73.1 Å². The van der Waals surface area contributed by atoms with E-state index in [1.165, 1.54) is 44.2 Å². The van der Waals surface area contributed by atoms with Crippen molar-refractivity contribution in [1.29, 1.82) is 0 Å². The summed E-state index contributed by atoms with van der Waals surface area (Å²) in [5.41, 5.74) is 2.66. The highest BCUT2D eigenvalue weighted by atomic mass is 32.1. The maximum Gasteiger partial charge on any atom is 0.226 e. The van der Waals surface area contributed by atoms with Gasteiger partial charge in [0.15, 0.2) is 5.11 Å². The van der Waals surface area contributed by atoms with Crippen molar-refractivity contribution in [3.63, 3.8) is 0 Å². The molecule has 2 N–H and O–H groups in total. The SMILES string of the molecule is O=C(CCN1C(=S)N[C@@H](c2ccccn2)[C@H]1c1ccn(C2CCCCC2)c1)Nc1ccc(F)cc1. The van der Waals surface area contributed by atoms with Crippen molar-refractivity contribution in [3.8, 4) is 0 Å². The van der Waals surface area contributed by atoms with Gasteiger partial charge >= 0.3 is 0 Å². The molecule has 1 saturated heterocycles. The van der Waals surface area contributed by atoms with E-state index in [4.69, 9.17) is 12.2 Å². The fourth-order valence-electron chi connectivity index (χ4n) is 5.20. The third kappa shape index (κ3) is 5.37. The third-order valence-electron chi connectivity index (χ3n) is 6.98. The number of carbonyl (C=O) groups excluding carboxylic acids is 1. The topological polar surface area (TPSA) is 62.2 Å². The number of aromatic nitrogens is 2. The number of hydrogen-bond donors (Lipinski definition) is 2. The fraction of sp³-hybridized carbons (Fsp3) is 0.370. The van der Waals surface area contributed by atoms with Crippen molar-refractivity contribution in [1.82, 2.24) is 19.8 Å². The Bertz CT molecular complexity index is 1160. The Morgan fingerprint density at radius 3 is 2.66 bits per heavy atom. The van der Waals surface area contributed by atoms with Crippen LogP contribution in [0.1, 0.15) is 67.9 Å². The Hall–Kier alpha value is -3.26. The molecular weight excluding hydrogens is 461 g/mol. The van der Waals surface area contributed by atoms with Gasteiger partial charge in [0.2, 0.25) is 5.91 Å². The summed E-state index contributed by atoms with van der Waals surface area (Å²) in [7, 11) is 0. The van der Waals surface area contributed by atoms with Crippen LogP contribution in [-0.4, -0.2) is 32.0 Å². The first-order chi connectivity index (χ1) is 17.1. The van der Waals surface area contributed by atoms with E-state index in [1.54, 1.807) is 18.3 Å². The lowest BCUT2D eigenvalue weighted by atomic mass is 9.95. The molecule has 1 amide bonds. The molecule has 3 heterocycles. The van der Waals surface area contributed by atoms with E-state index >= 15 is 0 Å². The number of nitrogens with zero attached hydrogens (tertiary/aromatic N) is 3. The number of rotatable bonds is 7. The molecular formula is C27H30FN5OS. The van der Waals surface area contributed by atoms with E-state index in [0.29, 0.717) is 23.4 Å². The van der Waals surface area contributed by atoms with Crippen LogP contribution in [0.25, 0.3) is 0 Å². The molecule has 2 aliphatic rings. The van der Waals surface area contributed by atoms with Crippen LogP contribution in [-0.2, 0) is 4.79 Å². The minimum absolute atomic E-state index is 0.0686. The minimum atomic E-state index is -0.333. The van der Waals surface area contributed by atoms with Crippen LogP contribution in [0.2, 0.25) is 0 Å². The highest BCUT2D eigenvalue weighted by molar-refractivity contribution is 7.80. The Kier molecular flexibility index (Phi) is 7.08. The van der Waals surface area contributed by atoms with Gasteiger partial charge in [-0.1, -0.05) is 25.3 Å². The van der Waals surface area contributed by atoms with E-state index in [0.717, 1.165) is 11.3 Å². The van der Waals surface area contributed by atoms with Gasteiger partial charge in [0.1, 0.15) is 5.82 Å². The summed E-state index contributed by atoms with van der Waals surface area (Å²) in [5, 5.41) is 6.91. The first-order valence-electron chi connectivity index (χ1n) is 12.3. The molecule has 0 radical (unpaired) electrons. The van der Waals surface area contributed by atoms with Crippen molar-refractivity contribution < 1.29 is 9.18 Å². The van der Waals surface area contributed by atoms with Crippen LogP contribution >= 0.6 is 12.2 Å². The van der Waals surface area contributed by atoms with Gasteiger partial charge in [-0.3, -0.25) is 9.78 Å². The molecule has 5 rings (SSSR count). The molecule has 0 bridgehead atoms. The van der Waals surface area contributed by atoms with Gasteiger partial charge in [-0.2, -0.15) is 0 Å². The van der Waals surface area contributed by atoms with Gasteiger partial charge in [-0.15, -0.1) is 0 Å². The average molecular weight is 492 g/mol. The Labute approximate surface area is 210 Å². The fourth-order valence-corrected chi connectivity index (χ4v) is 5.53. The Balaban J connectivity index is 1.35. The highest BCUT2D eigenvalue weighted by Gasteiger charge is 2.40. The Morgan fingerprint density at radius 2 is 1.91 bits per heavy atom. The summed E-state index contributed by atoms with van der Waals surface area (Å²) in [5.74, 6) is -0.473. The predicted octanol–water partition coefficient (Wildman–Crippen LogP) is 5.53. The lowest BCUT2D eigenvalue weighted by Gasteiger charge is -2.27. The van der Waals surface area contributed by atoms with Crippen molar-refractivity contribution in [2.75, 3.05) is 11.9 Å². The average Bonchev–Trinajstić information content (AvgIpc) is 3.50. The zero-order valence-corrected chi connectivity index (χ0v) is 20.4. The van der Waals surface area contributed by atoms with E-state index in [2.05, 4.69) is 43.5 Å². The summed E-state index contributed by atoms with van der Waals surface area (Å²) in [6.07, 6.45) is 12.8. The molecule has 1 aromatic carbocycles. The quantitative estimate of drug-likeness (QED) is 0.426. The van der Waals surface area contributed by atoms with Crippen LogP contribution in [0.15, 0.2) is 67.1 Å². The number of thiocarbonyl (C=S) groups is 1. The molecule has 1 saturated carbocycles. The smallest absolute Gasteiger partial charge is 0.226 e. The zero-order chi connectivity index (χ0) is 24.2. The number of anilines is 1. The second-order valence-electron chi connectivity index (χ2n) is 9.31. The maximum atomic E-state index is 13.2. The minimum Gasteiger partial charge on any atom is -0.352 e. The number of hydrogen-bond acceptors (Lipinski definition) is 3. The molecule has 6 nitrogen and oxygen atoms in total. The van der Waals surface area contributed by atoms with Crippen molar-refractivity contribution in [2.45, 2.75) is 56.7 Å². The molecule has 0 unspecified atom stereocenters. The molecule has 35 heavy (non-hydrogen) atoms. The summed E-state index contributed by atoms with van der Waals surface area (Å²) in [4.78, 5) is 19.3. The zero-order valence-electron chi connectivity index (χ0n) is 19.6. The number of halogens is 1. The maximum absolute atomic E-state index is 13.2. The van der Waals surface area contributed by atoms with Crippen LogP contribution in [0, 0.1) is 5.82 Å². The highest BCUT2D eigenvalue weighted by Crippen LogP contribution is 2.39. The summed E-state index contributed by atoms with van der Waals surface area (Å²) >= 11 is 5.73. The van der Waals surface area contributed by atoms with Gasteiger partial charge in [0.25, 0.3) is 0 Å². The molecule has 2 aromatic heterocycles. The van der Waals surface area contributed by atoms with Gasteiger partial charge in [-0.25, -0.2) is 4.39 Å². The summed E-state index contributed by atoms with van der Waals surface area (Å²) in [6, 6.07) is 14.2. The normalized spacial score (nSPS) is 20.6. The van der Waals surface area contributed by atoms with E-state index in [1.807, 2.05) is 18.2 Å². The van der Waals surface area contributed by atoms with Crippen LogP contribution in [0.3, 0.4) is 0 Å². The van der Waals surface area contributed by atoms with Gasteiger partial charge in [0.05, 0.1) is 17.8 Å². The molecule has 2 atom stereocenters. The standard InChI is InChI=1S/C27H30FN5OS/c28-20-9-11-21(12-10-20)30-24(34)14-17-33-26(25(31-27(33)35)23-8-4-5-15-29-23)19-13-16-32(18-19)22-6-2-1-3-7-22/h4-5,8-13,15-16,18,22,25-26H,1-3,6-7,14,17H2,(H,30,34)(H,31,35)/t25-,26+/m0/s1. The molecule has 0 spiro atoms. The largest absolute Gasteiger partial charge is 0.352 e. The number of pyridine rings is 1. The summed E-state index contributed by atoms with van der Waals surface area (Å²) < 4.78 is 15.5. The first kappa shape index (κ1) is 23.5. The van der Waals surface area contributed by atoms with Crippen LogP contribution in [0.5, 0.6) is 0 Å². The lowest BCUT2D eigenvalue weighted by Crippen LogP contribution is -2.32. The molecule has 1 aliphatic heterocycles. The van der Waals surface area contributed by atoms with Crippen molar-refractivity contribution >= 4 is 28.9 Å². The number of carbonyl (C=O) groups is 1. The van der Waals surface area contributed by atoms with Crippen LogP contribution in [0.4, 0.5) is 10.1 Å². The molecule has 1 aliphatic carbocycles. The first-order valence-corrected chi connectivity index (χ1v) is 12.7. The van der Waals surface area contributed by atoms with Gasteiger partial charge in [0, 0.05) is 43.3 Å². The predicted molar refractivity (Wildman–Crippen MR) is 138 cm³/mol.